The predicted octanol–water partition coefficient (Wildman–Crippen LogP) is 3.78. The predicted molar refractivity (Wildman–Crippen MR) is 117 cm³/mol. The Morgan fingerprint density at radius 1 is 1.28 bits per heavy atom. The average Bonchev–Trinajstić information content (AvgIpc) is 3.02. The standard InChI is InChI=1S/C23H30N4O2/c1-6-27(7-2)13-12-25-23(28)22-16(3)20(26-17(22)4)14-18(15-24)19-10-8-9-11-21(19)29-5/h8-11,14,26H,6-7,12-13H2,1-5H3,(H,25,28)/b18-14+. The van der Waals surface area contributed by atoms with Gasteiger partial charge in [-0.3, -0.25) is 4.79 Å². The number of aryl methyl sites for hydroxylation is 1. The van der Waals surface area contributed by atoms with E-state index in [-0.39, 0.29) is 5.91 Å². The van der Waals surface area contributed by atoms with Crippen molar-refractivity contribution >= 4 is 17.6 Å². The Hall–Kier alpha value is -3.04. The van der Waals surface area contributed by atoms with Gasteiger partial charge in [0, 0.05) is 30.0 Å². The molecule has 0 aliphatic carbocycles. The quantitative estimate of drug-likeness (QED) is 0.634. The summed E-state index contributed by atoms with van der Waals surface area (Å²) >= 11 is 0. The molecule has 6 nitrogen and oxygen atoms in total. The highest BCUT2D eigenvalue weighted by molar-refractivity contribution is 5.99. The van der Waals surface area contributed by atoms with Gasteiger partial charge in [0.15, 0.2) is 0 Å². The number of carbonyl (C=O) groups is 1. The minimum absolute atomic E-state index is 0.0983. The molecule has 1 aromatic carbocycles. The van der Waals surface area contributed by atoms with Crippen LogP contribution in [-0.4, -0.2) is 49.1 Å². The minimum atomic E-state index is -0.0983. The number of H-pyrrole nitrogens is 1. The van der Waals surface area contributed by atoms with Gasteiger partial charge in [-0.05, 0) is 50.7 Å². The molecule has 1 amide bonds. The maximum Gasteiger partial charge on any atom is 0.253 e. The molecule has 1 heterocycles. The number of nitrogens with zero attached hydrogens (tertiary/aromatic N) is 2. The lowest BCUT2D eigenvalue weighted by molar-refractivity contribution is 0.0948. The molecule has 2 aromatic rings. The first-order valence-corrected chi connectivity index (χ1v) is 9.91. The molecule has 0 radical (unpaired) electrons. The van der Waals surface area contributed by atoms with Crippen LogP contribution in [-0.2, 0) is 0 Å². The van der Waals surface area contributed by atoms with E-state index in [1.54, 1.807) is 13.2 Å². The summed E-state index contributed by atoms with van der Waals surface area (Å²) in [6.07, 6.45) is 1.77. The van der Waals surface area contributed by atoms with Gasteiger partial charge in [-0.2, -0.15) is 5.26 Å². The van der Waals surface area contributed by atoms with Crippen LogP contribution in [0.4, 0.5) is 0 Å². The molecule has 0 aliphatic rings. The van der Waals surface area contributed by atoms with Gasteiger partial charge in [0.25, 0.3) is 5.91 Å². The van der Waals surface area contributed by atoms with Crippen LogP contribution >= 0.6 is 0 Å². The number of allylic oxidation sites excluding steroid dienone is 1. The van der Waals surface area contributed by atoms with E-state index in [2.05, 4.69) is 35.1 Å². The largest absolute Gasteiger partial charge is 0.496 e. The lowest BCUT2D eigenvalue weighted by atomic mass is 10.0. The Balaban J connectivity index is 2.27. The number of nitrogens with one attached hydrogen (secondary N) is 2. The topological polar surface area (TPSA) is 81.2 Å². The number of para-hydroxylation sites is 1. The normalized spacial score (nSPS) is 11.4. The van der Waals surface area contributed by atoms with Gasteiger partial charge in [-0.15, -0.1) is 0 Å². The molecule has 6 heteroatoms. The maximum atomic E-state index is 12.7. The third-order valence-electron chi connectivity index (χ3n) is 5.12. The van der Waals surface area contributed by atoms with Gasteiger partial charge in [-0.1, -0.05) is 26.0 Å². The van der Waals surface area contributed by atoms with E-state index < -0.39 is 0 Å². The fourth-order valence-electron chi connectivity index (χ4n) is 3.40. The Labute approximate surface area is 173 Å². The van der Waals surface area contributed by atoms with Gasteiger partial charge in [-0.25, -0.2) is 0 Å². The number of hydrogen-bond acceptors (Lipinski definition) is 4. The number of aromatic nitrogens is 1. The summed E-state index contributed by atoms with van der Waals surface area (Å²) in [5, 5.41) is 12.7. The summed E-state index contributed by atoms with van der Waals surface area (Å²) in [6, 6.07) is 9.64. The van der Waals surface area contributed by atoms with Crippen LogP contribution in [0.1, 0.15) is 46.7 Å². The summed E-state index contributed by atoms with van der Waals surface area (Å²) in [5.41, 5.74) is 4.18. The summed E-state index contributed by atoms with van der Waals surface area (Å²) < 4.78 is 5.38. The van der Waals surface area contributed by atoms with Gasteiger partial charge in [0.2, 0.25) is 0 Å². The van der Waals surface area contributed by atoms with Crippen molar-refractivity contribution < 1.29 is 9.53 Å². The number of methoxy groups -OCH3 is 1. The third kappa shape index (κ3) is 5.27. The van der Waals surface area contributed by atoms with Crippen LogP contribution in [0.5, 0.6) is 5.75 Å². The summed E-state index contributed by atoms with van der Waals surface area (Å²) in [5.74, 6) is 0.537. The minimum Gasteiger partial charge on any atom is -0.496 e. The van der Waals surface area contributed by atoms with Crippen molar-refractivity contribution in [3.63, 3.8) is 0 Å². The van der Waals surface area contributed by atoms with Gasteiger partial charge < -0.3 is 19.9 Å². The van der Waals surface area contributed by atoms with Gasteiger partial charge >= 0.3 is 0 Å². The van der Waals surface area contributed by atoms with E-state index >= 15 is 0 Å². The SMILES string of the molecule is CCN(CC)CCNC(=O)c1c(C)[nH]c(/C=C(\C#N)c2ccccc2OC)c1C. The number of carbonyl (C=O) groups excluding carboxylic acids is 1. The van der Waals surface area contributed by atoms with Gasteiger partial charge in [0.1, 0.15) is 5.75 Å². The number of aromatic amines is 1. The van der Waals surface area contributed by atoms with Crippen molar-refractivity contribution in [3.8, 4) is 11.8 Å². The van der Waals surface area contributed by atoms with E-state index in [1.807, 2.05) is 38.1 Å². The zero-order valence-corrected chi connectivity index (χ0v) is 17.9. The summed E-state index contributed by atoms with van der Waals surface area (Å²) in [4.78, 5) is 18.2. The van der Waals surface area contributed by atoms with Crippen LogP contribution in [0.2, 0.25) is 0 Å². The molecular formula is C23H30N4O2. The number of benzene rings is 1. The van der Waals surface area contributed by atoms with Crippen LogP contribution in [0.25, 0.3) is 11.6 Å². The van der Waals surface area contributed by atoms with Crippen LogP contribution in [0.3, 0.4) is 0 Å². The average molecular weight is 395 g/mol. The molecule has 0 atom stereocenters. The lowest BCUT2D eigenvalue weighted by Crippen LogP contribution is -2.35. The summed E-state index contributed by atoms with van der Waals surface area (Å²) in [6.45, 7) is 11.3. The zero-order chi connectivity index (χ0) is 21.4. The number of ether oxygens (including phenoxy) is 1. The van der Waals surface area contributed by atoms with Gasteiger partial charge in [0.05, 0.1) is 24.3 Å². The third-order valence-corrected chi connectivity index (χ3v) is 5.12. The highest BCUT2D eigenvalue weighted by atomic mass is 16.5. The van der Waals surface area contributed by atoms with Crippen molar-refractivity contribution in [1.29, 1.82) is 5.26 Å². The fourth-order valence-corrected chi connectivity index (χ4v) is 3.40. The first kappa shape index (κ1) is 22.3. The highest BCUT2D eigenvalue weighted by Crippen LogP contribution is 2.28. The van der Waals surface area contributed by atoms with Crippen LogP contribution in [0.15, 0.2) is 24.3 Å². The highest BCUT2D eigenvalue weighted by Gasteiger charge is 2.18. The smallest absolute Gasteiger partial charge is 0.253 e. The molecule has 2 rings (SSSR count). The van der Waals surface area contributed by atoms with E-state index in [0.717, 1.165) is 42.1 Å². The molecule has 0 aliphatic heterocycles. The number of nitriles is 1. The summed E-state index contributed by atoms with van der Waals surface area (Å²) in [7, 11) is 1.58. The lowest BCUT2D eigenvalue weighted by Gasteiger charge is -2.18. The Morgan fingerprint density at radius 2 is 1.97 bits per heavy atom. The maximum absolute atomic E-state index is 12.7. The van der Waals surface area contributed by atoms with E-state index in [1.165, 1.54) is 0 Å². The molecule has 0 spiro atoms. The first-order valence-electron chi connectivity index (χ1n) is 9.91. The van der Waals surface area contributed by atoms with E-state index in [4.69, 9.17) is 4.74 Å². The monoisotopic (exact) mass is 394 g/mol. The van der Waals surface area contributed by atoms with Crippen molar-refractivity contribution in [2.45, 2.75) is 27.7 Å². The fraction of sp³-hybridized carbons (Fsp3) is 0.391. The molecule has 1 aromatic heterocycles. The molecule has 0 saturated heterocycles. The molecule has 0 bridgehead atoms. The number of rotatable bonds is 9. The van der Waals surface area contributed by atoms with E-state index in [0.29, 0.717) is 23.4 Å². The Bertz CT molecular complexity index is 917. The number of likely N-dealkylation sites (N-methyl/N-ethyl adjacent to an activating group) is 1. The number of hydrogen-bond donors (Lipinski definition) is 2. The van der Waals surface area contributed by atoms with Crippen molar-refractivity contribution in [3.05, 3.63) is 52.3 Å². The molecule has 0 saturated carbocycles. The molecule has 154 valence electrons. The second-order valence-corrected chi connectivity index (χ2v) is 6.82. The second kappa shape index (κ2) is 10.5. The molecule has 2 N–H and O–H groups in total. The number of amides is 1. The molecule has 0 fully saturated rings. The molecular weight excluding hydrogens is 364 g/mol. The van der Waals surface area contributed by atoms with Crippen molar-refractivity contribution in [1.82, 2.24) is 15.2 Å². The van der Waals surface area contributed by atoms with Crippen molar-refractivity contribution in [2.75, 3.05) is 33.3 Å². The first-order chi connectivity index (χ1) is 14.0. The van der Waals surface area contributed by atoms with E-state index in [9.17, 15) is 10.1 Å². The second-order valence-electron chi connectivity index (χ2n) is 6.82. The van der Waals surface area contributed by atoms with Crippen LogP contribution < -0.4 is 10.1 Å². The molecule has 29 heavy (non-hydrogen) atoms. The Kier molecular flexibility index (Phi) is 8.05. The zero-order valence-electron chi connectivity index (χ0n) is 17.9. The van der Waals surface area contributed by atoms with Crippen LogP contribution in [0, 0.1) is 25.2 Å². The Morgan fingerprint density at radius 3 is 2.59 bits per heavy atom. The van der Waals surface area contributed by atoms with Crippen molar-refractivity contribution in [2.24, 2.45) is 0 Å². The molecule has 0 unspecified atom stereocenters.